The minimum Gasteiger partial charge on any atom is -0.368 e. The number of primary amides is 1. The maximum absolute atomic E-state index is 11.8. The highest BCUT2D eigenvalue weighted by Crippen LogP contribution is 2.29. The molecule has 1 aliphatic heterocycles. The Balaban J connectivity index is 2.13. The normalized spacial score (nSPS) is 21.6. The van der Waals surface area contributed by atoms with Gasteiger partial charge in [-0.1, -0.05) is 30.3 Å². The molecule has 0 aliphatic carbocycles. The molecule has 2 N–H and O–H groups in total. The van der Waals surface area contributed by atoms with Crippen LogP contribution in [0.15, 0.2) is 30.3 Å². The summed E-state index contributed by atoms with van der Waals surface area (Å²) >= 11 is 0. The number of nitrogens with zero attached hydrogens (tertiary/aromatic N) is 1. The first kappa shape index (κ1) is 11.6. The van der Waals surface area contributed by atoms with E-state index in [1.807, 2.05) is 30.3 Å². The first-order chi connectivity index (χ1) is 8.09. The average Bonchev–Trinajstić information content (AvgIpc) is 2.71. The lowest BCUT2D eigenvalue weighted by molar-refractivity contribution is -0.135. The van der Waals surface area contributed by atoms with Crippen molar-refractivity contribution >= 4 is 11.8 Å². The molecule has 0 saturated carbocycles. The predicted molar refractivity (Wildman–Crippen MR) is 64.2 cm³/mol. The Morgan fingerprint density at radius 2 is 2.06 bits per heavy atom. The predicted octanol–water partition coefficient (Wildman–Crippen LogP) is 0.876. The minimum atomic E-state index is -0.517. The Hall–Kier alpha value is -1.84. The SMILES string of the molecule is C[C@@H](C(N)=O)N1C[C@@H](c2ccccc2)CC1=O. The third-order valence-corrected chi connectivity index (χ3v) is 3.31. The molecule has 2 rings (SSSR count). The van der Waals surface area contributed by atoms with E-state index < -0.39 is 11.9 Å². The maximum atomic E-state index is 11.8. The van der Waals surface area contributed by atoms with Crippen molar-refractivity contribution in [2.24, 2.45) is 5.73 Å². The van der Waals surface area contributed by atoms with Crippen LogP contribution < -0.4 is 5.73 Å². The molecule has 1 saturated heterocycles. The summed E-state index contributed by atoms with van der Waals surface area (Å²) < 4.78 is 0. The molecule has 1 fully saturated rings. The highest BCUT2D eigenvalue weighted by Gasteiger charge is 2.35. The number of likely N-dealkylation sites (tertiary alicyclic amines) is 1. The van der Waals surface area contributed by atoms with E-state index in [0.29, 0.717) is 13.0 Å². The van der Waals surface area contributed by atoms with Crippen LogP contribution in [0.2, 0.25) is 0 Å². The molecule has 1 aromatic carbocycles. The van der Waals surface area contributed by atoms with Gasteiger partial charge in [0.1, 0.15) is 6.04 Å². The topological polar surface area (TPSA) is 63.4 Å². The molecule has 0 spiro atoms. The number of hydrogen-bond donors (Lipinski definition) is 1. The van der Waals surface area contributed by atoms with Crippen molar-refractivity contribution in [2.45, 2.75) is 25.3 Å². The average molecular weight is 232 g/mol. The Morgan fingerprint density at radius 3 is 2.65 bits per heavy atom. The zero-order chi connectivity index (χ0) is 12.4. The Morgan fingerprint density at radius 1 is 1.41 bits per heavy atom. The van der Waals surface area contributed by atoms with Crippen molar-refractivity contribution in [3.63, 3.8) is 0 Å². The lowest BCUT2D eigenvalue weighted by atomic mass is 9.98. The van der Waals surface area contributed by atoms with Gasteiger partial charge in [-0.3, -0.25) is 9.59 Å². The van der Waals surface area contributed by atoms with Crippen molar-refractivity contribution in [2.75, 3.05) is 6.54 Å². The summed E-state index contributed by atoms with van der Waals surface area (Å²) in [5.74, 6) is -0.275. The largest absolute Gasteiger partial charge is 0.368 e. The summed E-state index contributed by atoms with van der Waals surface area (Å²) in [5.41, 5.74) is 6.37. The van der Waals surface area contributed by atoms with Gasteiger partial charge >= 0.3 is 0 Å². The summed E-state index contributed by atoms with van der Waals surface area (Å²) in [4.78, 5) is 24.5. The monoisotopic (exact) mass is 232 g/mol. The molecule has 2 amide bonds. The van der Waals surface area contributed by atoms with Crippen LogP contribution in [-0.4, -0.2) is 29.3 Å². The van der Waals surface area contributed by atoms with Crippen LogP contribution in [0.5, 0.6) is 0 Å². The fourth-order valence-electron chi connectivity index (χ4n) is 2.21. The van der Waals surface area contributed by atoms with E-state index in [4.69, 9.17) is 5.73 Å². The van der Waals surface area contributed by atoms with Crippen molar-refractivity contribution < 1.29 is 9.59 Å². The van der Waals surface area contributed by atoms with Gasteiger partial charge in [-0.05, 0) is 12.5 Å². The first-order valence-electron chi connectivity index (χ1n) is 5.73. The molecule has 17 heavy (non-hydrogen) atoms. The fraction of sp³-hybridized carbons (Fsp3) is 0.385. The molecule has 2 atom stereocenters. The maximum Gasteiger partial charge on any atom is 0.239 e. The zero-order valence-corrected chi connectivity index (χ0v) is 9.80. The summed E-state index contributed by atoms with van der Waals surface area (Å²) in [6.07, 6.45) is 0.460. The Labute approximate surface area is 100 Å². The van der Waals surface area contributed by atoms with Gasteiger partial charge in [-0.15, -0.1) is 0 Å². The second-order valence-electron chi connectivity index (χ2n) is 4.44. The van der Waals surface area contributed by atoms with Crippen LogP contribution >= 0.6 is 0 Å². The minimum absolute atomic E-state index is 0.00477. The lowest BCUT2D eigenvalue weighted by Crippen LogP contribution is -2.43. The van der Waals surface area contributed by atoms with Gasteiger partial charge in [0.25, 0.3) is 0 Å². The van der Waals surface area contributed by atoms with Gasteiger partial charge in [0.15, 0.2) is 0 Å². The van der Waals surface area contributed by atoms with Crippen molar-refractivity contribution in [1.82, 2.24) is 4.90 Å². The fourth-order valence-corrected chi connectivity index (χ4v) is 2.21. The summed E-state index contributed by atoms with van der Waals surface area (Å²) in [5, 5.41) is 0. The van der Waals surface area contributed by atoms with Crippen molar-refractivity contribution in [3.05, 3.63) is 35.9 Å². The molecule has 4 heteroatoms. The smallest absolute Gasteiger partial charge is 0.239 e. The van der Waals surface area contributed by atoms with Gasteiger partial charge in [-0.2, -0.15) is 0 Å². The van der Waals surface area contributed by atoms with E-state index in [2.05, 4.69) is 0 Å². The molecule has 0 bridgehead atoms. The van der Waals surface area contributed by atoms with Crippen LogP contribution in [-0.2, 0) is 9.59 Å². The van der Waals surface area contributed by atoms with E-state index in [1.165, 1.54) is 0 Å². The second kappa shape index (κ2) is 4.57. The third-order valence-electron chi connectivity index (χ3n) is 3.31. The van der Waals surface area contributed by atoms with Gasteiger partial charge < -0.3 is 10.6 Å². The summed E-state index contributed by atoms with van der Waals surface area (Å²) in [6, 6.07) is 9.37. The molecule has 1 heterocycles. The number of carbonyl (C=O) groups excluding carboxylic acids is 2. The Kier molecular flexibility index (Phi) is 3.13. The van der Waals surface area contributed by atoms with Crippen LogP contribution in [0.1, 0.15) is 24.8 Å². The van der Waals surface area contributed by atoms with Crippen molar-refractivity contribution in [1.29, 1.82) is 0 Å². The number of benzene rings is 1. The van der Waals surface area contributed by atoms with Crippen LogP contribution in [0.3, 0.4) is 0 Å². The lowest BCUT2D eigenvalue weighted by Gasteiger charge is -2.21. The number of rotatable bonds is 3. The van der Waals surface area contributed by atoms with Gasteiger partial charge in [0, 0.05) is 18.9 Å². The van der Waals surface area contributed by atoms with E-state index in [0.717, 1.165) is 5.56 Å². The summed E-state index contributed by atoms with van der Waals surface area (Å²) in [7, 11) is 0. The van der Waals surface area contributed by atoms with E-state index in [9.17, 15) is 9.59 Å². The highest BCUT2D eigenvalue weighted by molar-refractivity contribution is 5.88. The quantitative estimate of drug-likeness (QED) is 0.840. The molecule has 1 aliphatic rings. The van der Waals surface area contributed by atoms with Gasteiger partial charge in [0.2, 0.25) is 11.8 Å². The van der Waals surface area contributed by atoms with Crippen molar-refractivity contribution in [3.8, 4) is 0 Å². The molecular weight excluding hydrogens is 216 g/mol. The number of amides is 2. The highest BCUT2D eigenvalue weighted by atomic mass is 16.2. The first-order valence-corrected chi connectivity index (χ1v) is 5.73. The Bertz CT molecular complexity index is 430. The standard InChI is InChI=1S/C13H16N2O2/c1-9(13(14)17)15-8-11(7-12(15)16)10-5-3-2-4-6-10/h2-6,9,11H,7-8H2,1H3,(H2,14,17)/t9-,11-/m0/s1. The molecule has 0 unspecified atom stereocenters. The third kappa shape index (κ3) is 2.30. The molecule has 1 aromatic rings. The van der Waals surface area contributed by atoms with Gasteiger partial charge in [0.05, 0.1) is 0 Å². The molecule has 0 radical (unpaired) electrons. The number of carbonyl (C=O) groups is 2. The number of nitrogens with two attached hydrogens (primary N) is 1. The number of hydrogen-bond acceptors (Lipinski definition) is 2. The van der Waals surface area contributed by atoms with E-state index in [1.54, 1.807) is 11.8 Å². The zero-order valence-electron chi connectivity index (χ0n) is 9.80. The van der Waals surface area contributed by atoms with Crippen LogP contribution in [0.4, 0.5) is 0 Å². The van der Waals surface area contributed by atoms with Crippen LogP contribution in [0, 0.1) is 0 Å². The second-order valence-corrected chi connectivity index (χ2v) is 4.44. The molecular formula is C13H16N2O2. The van der Waals surface area contributed by atoms with E-state index >= 15 is 0 Å². The molecule has 4 nitrogen and oxygen atoms in total. The van der Waals surface area contributed by atoms with Crippen LogP contribution in [0.25, 0.3) is 0 Å². The summed E-state index contributed by atoms with van der Waals surface area (Å²) in [6.45, 7) is 2.25. The van der Waals surface area contributed by atoms with E-state index in [-0.39, 0.29) is 11.8 Å². The van der Waals surface area contributed by atoms with Gasteiger partial charge in [-0.25, -0.2) is 0 Å². The molecule has 90 valence electrons. The molecule has 0 aromatic heterocycles.